The van der Waals surface area contributed by atoms with E-state index in [0.29, 0.717) is 27.8 Å². The maximum Gasteiger partial charge on any atom is 0.146 e. The smallest absolute Gasteiger partial charge is 0.146 e. The number of fused-ring (bicyclic) bond motifs is 1. The molecule has 0 aliphatic heterocycles. The topological polar surface area (TPSA) is 68.6 Å². The predicted octanol–water partition coefficient (Wildman–Crippen LogP) is 6.86. The first-order valence-corrected chi connectivity index (χ1v) is 10.0. The van der Waals surface area contributed by atoms with Gasteiger partial charge in [0.2, 0.25) is 0 Å². The number of furan rings is 1. The van der Waals surface area contributed by atoms with Crippen LogP contribution < -0.4 is 5.73 Å². The Balaban J connectivity index is 0.00000116. The van der Waals surface area contributed by atoms with Crippen molar-refractivity contribution in [3.8, 4) is 0 Å². The van der Waals surface area contributed by atoms with Crippen molar-refractivity contribution >= 4 is 22.2 Å². The van der Waals surface area contributed by atoms with E-state index in [1.54, 1.807) is 27.0 Å². The van der Waals surface area contributed by atoms with Gasteiger partial charge in [0.05, 0.1) is 18.8 Å². The number of halogens is 1. The fourth-order valence-electron chi connectivity index (χ4n) is 2.66. The largest absolute Gasteiger partial charge is 0.500 e. The number of aliphatic hydroxyl groups excluding tert-OH is 1. The number of nitrogen functional groups attached to an aromatic ring is 1. The fraction of sp³-hybridized carbons (Fsp3) is 0.417. The Hall–Kier alpha value is -2.53. The molecule has 0 bridgehead atoms. The highest BCUT2D eigenvalue weighted by atomic mass is 19.1. The Morgan fingerprint density at radius 1 is 1.38 bits per heavy atom. The van der Waals surface area contributed by atoms with Crippen molar-refractivity contribution in [2.45, 2.75) is 60.5 Å². The number of nitrogens with two attached hydrogens (primary N) is 1. The normalized spacial score (nSPS) is 11.5. The summed E-state index contributed by atoms with van der Waals surface area (Å²) in [6.07, 6.45) is 6.83. The minimum absolute atomic E-state index is 0.167. The van der Waals surface area contributed by atoms with Gasteiger partial charge in [0, 0.05) is 29.3 Å². The van der Waals surface area contributed by atoms with Crippen LogP contribution in [0.25, 0.3) is 16.5 Å². The predicted molar refractivity (Wildman–Crippen MR) is 122 cm³/mol. The van der Waals surface area contributed by atoms with E-state index in [2.05, 4.69) is 13.5 Å². The molecule has 2 aromatic rings. The van der Waals surface area contributed by atoms with Crippen LogP contribution in [0.4, 0.5) is 10.1 Å². The van der Waals surface area contributed by atoms with Crippen LogP contribution in [0.5, 0.6) is 0 Å². The van der Waals surface area contributed by atoms with E-state index < -0.39 is 5.82 Å². The third kappa shape index (κ3) is 7.42. The van der Waals surface area contributed by atoms with Gasteiger partial charge in [0.25, 0.3) is 0 Å². The van der Waals surface area contributed by atoms with Crippen molar-refractivity contribution < 1.29 is 18.7 Å². The summed E-state index contributed by atoms with van der Waals surface area (Å²) in [5.74, 6) is 0.416. The number of benzene rings is 1. The number of aliphatic hydroxyl groups is 1. The van der Waals surface area contributed by atoms with Gasteiger partial charge in [-0.1, -0.05) is 39.5 Å². The van der Waals surface area contributed by atoms with E-state index in [-0.39, 0.29) is 6.10 Å². The molecule has 0 spiro atoms. The molecular weight excluding hydrogens is 369 g/mol. The number of hydrogen-bond donors (Lipinski definition) is 2. The van der Waals surface area contributed by atoms with E-state index in [0.717, 1.165) is 24.2 Å². The molecule has 0 saturated heterocycles. The van der Waals surface area contributed by atoms with Crippen LogP contribution in [-0.2, 0) is 4.74 Å². The zero-order chi connectivity index (χ0) is 22.6. The first kappa shape index (κ1) is 26.5. The van der Waals surface area contributed by atoms with Crippen molar-refractivity contribution in [2.24, 2.45) is 0 Å². The summed E-state index contributed by atoms with van der Waals surface area (Å²) in [4.78, 5) is 0. The van der Waals surface area contributed by atoms with Gasteiger partial charge in [0.15, 0.2) is 0 Å². The molecule has 5 heteroatoms. The van der Waals surface area contributed by atoms with E-state index in [9.17, 15) is 4.39 Å². The van der Waals surface area contributed by atoms with E-state index in [1.165, 1.54) is 12.3 Å². The molecular formula is C24H36FNO3. The Kier molecular flexibility index (Phi) is 12.4. The molecule has 0 unspecified atom stereocenters. The van der Waals surface area contributed by atoms with Crippen LogP contribution in [0, 0.1) is 5.82 Å². The maximum atomic E-state index is 14.0. The van der Waals surface area contributed by atoms with Gasteiger partial charge in [-0.2, -0.15) is 0 Å². The number of methoxy groups -OCH3 is 1. The number of ether oxygens (including phenoxy) is 1. The average molecular weight is 406 g/mol. The first-order chi connectivity index (χ1) is 13.8. The van der Waals surface area contributed by atoms with Crippen molar-refractivity contribution in [2.75, 3.05) is 12.8 Å². The summed E-state index contributed by atoms with van der Waals surface area (Å²) in [6, 6.07) is 2.89. The van der Waals surface area contributed by atoms with Crippen LogP contribution >= 0.6 is 0 Å². The molecule has 0 fully saturated rings. The van der Waals surface area contributed by atoms with Crippen molar-refractivity contribution in [3.63, 3.8) is 0 Å². The lowest BCUT2D eigenvalue weighted by Crippen LogP contribution is -2.00. The van der Waals surface area contributed by atoms with Crippen molar-refractivity contribution in [1.29, 1.82) is 0 Å². The minimum Gasteiger partial charge on any atom is -0.500 e. The van der Waals surface area contributed by atoms with Crippen LogP contribution in [0.3, 0.4) is 0 Å². The van der Waals surface area contributed by atoms with Crippen molar-refractivity contribution in [1.82, 2.24) is 0 Å². The fourth-order valence-corrected chi connectivity index (χ4v) is 2.66. The van der Waals surface area contributed by atoms with Gasteiger partial charge in [-0.15, -0.1) is 0 Å². The molecule has 0 atom stereocenters. The second kappa shape index (κ2) is 13.6. The molecule has 0 saturated carbocycles. The molecule has 1 aromatic heterocycles. The molecule has 0 aliphatic rings. The quantitative estimate of drug-likeness (QED) is 0.313. The van der Waals surface area contributed by atoms with Gasteiger partial charge in [-0.25, -0.2) is 4.39 Å². The Morgan fingerprint density at radius 3 is 2.45 bits per heavy atom. The van der Waals surface area contributed by atoms with Crippen LogP contribution in [-0.4, -0.2) is 18.3 Å². The highest BCUT2D eigenvalue weighted by Crippen LogP contribution is 2.37. The standard InChI is InChI=1S/C19H22FNO2.C3H8O.C2H6/c1-5-7-13(17(22-4)8-6-2)12(3)18-16(21)11-15(20)14-9-10-23-19(14)18;1-3(2)4;1-2/h5,7,9-11H,3,6,8,21H2,1-2,4H3;3-4H,1-2H3;1-2H3/b7-5-,17-13-;;. The number of rotatable bonds is 6. The molecule has 1 aromatic carbocycles. The zero-order valence-corrected chi connectivity index (χ0v) is 18.8. The number of allylic oxidation sites excluding steroid dienone is 5. The summed E-state index contributed by atoms with van der Waals surface area (Å²) in [7, 11) is 1.64. The first-order valence-electron chi connectivity index (χ1n) is 10.0. The second-order valence-electron chi connectivity index (χ2n) is 6.35. The molecule has 3 N–H and O–H groups in total. The summed E-state index contributed by atoms with van der Waals surface area (Å²) >= 11 is 0. The Morgan fingerprint density at radius 2 is 1.97 bits per heavy atom. The van der Waals surface area contributed by atoms with Gasteiger partial charge >= 0.3 is 0 Å². The van der Waals surface area contributed by atoms with Gasteiger partial charge in [-0.3, -0.25) is 0 Å². The molecule has 0 aliphatic carbocycles. The van der Waals surface area contributed by atoms with E-state index in [1.807, 2.05) is 32.9 Å². The summed E-state index contributed by atoms with van der Waals surface area (Å²) in [5.41, 5.74) is 8.85. The lowest BCUT2D eigenvalue weighted by molar-refractivity contribution is 0.216. The lowest BCUT2D eigenvalue weighted by atomic mass is 9.94. The SMILES string of the molecule is C=C(C(/C=C\C)=C(/CCC)OC)c1c(N)cc(F)c2ccoc12.CC.CC(C)O. The molecule has 162 valence electrons. The summed E-state index contributed by atoms with van der Waals surface area (Å²) in [5, 5.41) is 8.45. The molecule has 0 amide bonds. The highest BCUT2D eigenvalue weighted by Gasteiger charge is 2.19. The second-order valence-corrected chi connectivity index (χ2v) is 6.35. The zero-order valence-electron chi connectivity index (χ0n) is 18.8. The van der Waals surface area contributed by atoms with Gasteiger partial charge in [0.1, 0.15) is 17.2 Å². The number of anilines is 1. The average Bonchev–Trinajstić information content (AvgIpc) is 3.15. The molecule has 2 rings (SSSR count). The summed E-state index contributed by atoms with van der Waals surface area (Å²) < 4.78 is 25.0. The lowest BCUT2D eigenvalue weighted by Gasteiger charge is -2.16. The highest BCUT2D eigenvalue weighted by molar-refractivity contribution is 6.00. The third-order valence-corrected chi connectivity index (χ3v) is 3.70. The Labute approximate surface area is 174 Å². The minimum atomic E-state index is -0.403. The van der Waals surface area contributed by atoms with E-state index >= 15 is 0 Å². The molecule has 1 heterocycles. The van der Waals surface area contributed by atoms with E-state index in [4.69, 9.17) is 20.0 Å². The molecule has 0 radical (unpaired) electrons. The molecule has 4 nitrogen and oxygen atoms in total. The van der Waals surface area contributed by atoms with Crippen LogP contribution in [0.15, 0.2) is 52.9 Å². The number of hydrogen-bond acceptors (Lipinski definition) is 4. The molecule has 29 heavy (non-hydrogen) atoms. The summed E-state index contributed by atoms with van der Waals surface area (Å²) in [6.45, 7) is 15.6. The van der Waals surface area contributed by atoms with Crippen molar-refractivity contribution in [3.05, 3.63) is 59.8 Å². The van der Waals surface area contributed by atoms with Gasteiger partial charge in [-0.05, 0) is 44.9 Å². The maximum absolute atomic E-state index is 14.0. The third-order valence-electron chi connectivity index (χ3n) is 3.70. The van der Waals surface area contributed by atoms with Crippen LogP contribution in [0.1, 0.15) is 59.9 Å². The monoisotopic (exact) mass is 405 g/mol. The Bertz CT molecular complexity index is 829. The van der Waals surface area contributed by atoms with Crippen LogP contribution in [0.2, 0.25) is 0 Å². The van der Waals surface area contributed by atoms with Gasteiger partial charge < -0.3 is 20.0 Å².